The molecule has 0 aromatic carbocycles. The van der Waals surface area contributed by atoms with Gasteiger partial charge in [0.15, 0.2) is 5.96 Å². The summed E-state index contributed by atoms with van der Waals surface area (Å²) in [5.74, 6) is 0.815. The van der Waals surface area contributed by atoms with E-state index in [0.29, 0.717) is 6.54 Å². The lowest BCUT2D eigenvalue weighted by molar-refractivity contribution is 0.635. The Bertz CT molecular complexity index is 674. The third kappa shape index (κ3) is 4.81. The first kappa shape index (κ1) is 18.0. The number of aliphatic imine (C=N–C) groups is 1. The predicted octanol–water partition coefficient (Wildman–Crippen LogP) is 2.12. The molecule has 2 N–H and O–H groups in total. The number of hydrogen-bond donors (Lipinski definition) is 2. The van der Waals surface area contributed by atoms with Gasteiger partial charge in [-0.1, -0.05) is 6.07 Å². The van der Waals surface area contributed by atoms with Gasteiger partial charge in [0, 0.05) is 31.5 Å². The zero-order chi connectivity index (χ0) is 17.5. The second-order valence-corrected chi connectivity index (χ2v) is 6.04. The molecule has 1 unspecified atom stereocenters. The van der Waals surface area contributed by atoms with Crippen molar-refractivity contribution in [3.05, 3.63) is 47.0 Å². The molecule has 0 saturated carbocycles. The van der Waals surface area contributed by atoms with Gasteiger partial charge in [0.1, 0.15) is 0 Å². The molecule has 24 heavy (non-hydrogen) atoms. The summed E-state index contributed by atoms with van der Waals surface area (Å²) in [5.41, 5.74) is 4.58. The number of guanidine groups is 1. The van der Waals surface area contributed by atoms with Crippen molar-refractivity contribution in [1.29, 1.82) is 0 Å². The normalized spacial score (nSPS) is 13.0. The van der Waals surface area contributed by atoms with Crippen LogP contribution in [-0.2, 0) is 20.0 Å². The Morgan fingerprint density at radius 1 is 1.33 bits per heavy atom. The molecule has 0 spiro atoms. The van der Waals surface area contributed by atoms with E-state index in [1.54, 1.807) is 6.20 Å². The van der Waals surface area contributed by atoms with E-state index in [-0.39, 0.29) is 6.04 Å². The van der Waals surface area contributed by atoms with Crippen LogP contribution in [0.5, 0.6) is 0 Å². The van der Waals surface area contributed by atoms with Crippen LogP contribution in [0.2, 0.25) is 0 Å². The summed E-state index contributed by atoms with van der Waals surface area (Å²) in [7, 11) is 1.99. The molecule has 0 fully saturated rings. The molecule has 2 heterocycles. The van der Waals surface area contributed by atoms with Gasteiger partial charge in [-0.25, -0.2) is 4.99 Å². The molecular weight excluding hydrogens is 300 g/mol. The van der Waals surface area contributed by atoms with Crippen molar-refractivity contribution in [2.75, 3.05) is 6.54 Å². The average Bonchev–Trinajstić information content (AvgIpc) is 2.80. The molecule has 1 atom stereocenters. The molecule has 0 radical (unpaired) electrons. The van der Waals surface area contributed by atoms with Crippen LogP contribution in [0.1, 0.15) is 36.5 Å². The predicted molar refractivity (Wildman–Crippen MR) is 98.0 cm³/mol. The van der Waals surface area contributed by atoms with Crippen molar-refractivity contribution in [3.8, 4) is 0 Å². The fourth-order valence-corrected chi connectivity index (χ4v) is 2.68. The number of aromatic nitrogens is 3. The molecule has 0 aliphatic carbocycles. The molecule has 0 saturated heterocycles. The Labute approximate surface area is 144 Å². The maximum Gasteiger partial charge on any atom is 0.191 e. The molecule has 0 bridgehead atoms. The Balaban J connectivity index is 2.01. The van der Waals surface area contributed by atoms with E-state index < -0.39 is 0 Å². The largest absolute Gasteiger partial charge is 0.357 e. The Morgan fingerprint density at radius 2 is 2.12 bits per heavy atom. The summed E-state index contributed by atoms with van der Waals surface area (Å²) in [4.78, 5) is 8.94. The van der Waals surface area contributed by atoms with E-state index in [0.717, 1.165) is 30.3 Å². The molecule has 130 valence electrons. The highest BCUT2D eigenvalue weighted by Gasteiger charge is 2.13. The Kier molecular flexibility index (Phi) is 6.35. The van der Waals surface area contributed by atoms with Crippen molar-refractivity contribution >= 4 is 5.96 Å². The monoisotopic (exact) mass is 328 g/mol. The number of rotatable bonds is 6. The van der Waals surface area contributed by atoms with Gasteiger partial charge in [-0.2, -0.15) is 5.10 Å². The van der Waals surface area contributed by atoms with Crippen molar-refractivity contribution in [3.63, 3.8) is 0 Å². The highest BCUT2D eigenvalue weighted by molar-refractivity contribution is 5.80. The van der Waals surface area contributed by atoms with Crippen LogP contribution in [0, 0.1) is 13.8 Å². The molecular formula is C18H28N6. The van der Waals surface area contributed by atoms with Crippen LogP contribution in [0.15, 0.2) is 29.4 Å². The third-order valence-corrected chi connectivity index (χ3v) is 4.02. The quantitative estimate of drug-likeness (QED) is 0.630. The van der Waals surface area contributed by atoms with Crippen molar-refractivity contribution in [1.82, 2.24) is 25.4 Å². The summed E-state index contributed by atoms with van der Waals surface area (Å²) in [6.45, 7) is 9.80. The number of hydrogen-bond acceptors (Lipinski definition) is 3. The lowest BCUT2D eigenvalue weighted by atomic mass is 10.1. The fourth-order valence-electron chi connectivity index (χ4n) is 2.68. The van der Waals surface area contributed by atoms with Gasteiger partial charge in [-0.3, -0.25) is 9.67 Å². The summed E-state index contributed by atoms with van der Waals surface area (Å²) in [6, 6.07) is 6.14. The second-order valence-electron chi connectivity index (χ2n) is 6.04. The van der Waals surface area contributed by atoms with E-state index in [2.05, 4.69) is 53.4 Å². The van der Waals surface area contributed by atoms with Gasteiger partial charge in [-0.15, -0.1) is 0 Å². The zero-order valence-electron chi connectivity index (χ0n) is 15.3. The van der Waals surface area contributed by atoms with Gasteiger partial charge in [0.05, 0.1) is 17.9 Å². The van der Waals surface area contributed by atoms with Crippen LogP contribution in [0.4, 0.5) is 0 Å². The molecule has 2 rings (SSSR count). The first-order chi connectivity index (χ1) is 11.5. The van der Waals surface area contributed by atoms with E-state index in [4.69, 9.17) is 0 Å². The van der Waals surface area contributed by atoms with E-state index in [1.807, 2.05) is 29.9 Å². The smallest absolute Gasteiger partial charge is 0.191 e. The molecule has 6 heteroatoms. The van der Waals surface area contributed by atoms with E-state index in [1.165, 1.54) is 11.3 Å². The summed E-state index contributed by atoms with van der Waals surface area (Å²) >= 11 is 0. The van der Waals surface area contributed by atoms with Crippen molar-refractivity contribution in [2.24, 2.45) is 12.0 Å². The number of aryl methyl sites for hydroxylation is 2. The van der Waals surface area contributed by atoms with Crippen LogP contribution in [-0.4, -0.2) is 33.3 Å². The van der Waals surface area contributed by atoms with E-state index >= 15 is 0 Å². The van der Waals surface area contributed by atoms with Crippen LogP contribution < -0.4 is 10.6 Å². The minimum atomic E-state index is 0.258. The van der Waals surface area contributed by atoms with Crippen LogP contribution >= 0.6 is 0 Å². The molecule has 2 aromatic heterocycles. The molecule has 0 amide bonds. The average molecular weight is 328 g/mol. The number of pyridine rings is 1. The summed E-state index contributed by atoms with van der Waals surface area (Å²) in [6.07, 6.45) is 2.71. The van der Waals surface area contributed by atoms with Crippen molar-refractivity contribution < 1.29 is 0 Å². The molecule has 2 aromatic rings. The lowest BCUT2D eigenvalue weighted by Crippen LogP contribution is -2.43. The minimum absolute atomic E-state index is 0.258. The number of nitrogens with zero attached hydrogens (tertiary/aromatic N) is 4. The highest BCUT2D eigenvalue weighted by Crippen LogP contribution is 2.14. The molecule has 0 aliphatic rings. The Morgan fingerprint density at radius 3 is 2.71 bits per heavy atom. The van der Waals surface area contributed by atoms with Gasteiger partial charge in [0.25, 0.3) is 0 Å². The standard InChI is InChI=1S/C18H28N6/c1-6-19-18(21-12-16-9-7-8-10-20-16)22-13(2)11-17-14(3)23-24(5)15(17)4/h7-10,13H,6,11-12H2,1-5H3,(H2,19,21,22). The van der Waals surface area contributed by atoms with Crippen molar-refractivity contribution in [2.45, 2.75) is 46.7 Å². The van der Waals surface area contributed by atoms with E-state index in [9.17, 15) is 0 Å². The number of nitrogens with one attached hydrogen (secondary N) is 2. The fraction of sp³-hybridized carbons (Fsp3) is 0.500. The van der Waals surface area contributed by atoms with Gasteiger partial charge < -0.3 is 10.6 Å². The molecule has 6 nitrogen and oxygen atoms in total. The van der Waals surface area contributed by atoms with Crippen LogP contribution in [0.3, 0.4) is 0 Å². The summed E-state index contributed by atoms with van der Waals surface area (Å²) in [5, 5.41) is 11.3. The second kappa shape index (κ2) is 8.47. The lowest BCUT2D eigenvalue weighted by Gasteiger charge is -2.18. The minimum Gasteiger partial charge on any atom is -0.357 e. The maximum absolute atomic E-state index is 4.63. The summed E-state index contributed by atoms with van der Waals surface area (Å²) < 4.78 is 1.94. The zero-order valence-corrected chi connectivity index (χ0v) is 15.3. The van der Waals surface area contributed by atoms with Crippen LogP contribution in [0.25, 0.3) is 0 Å². The van der Waals surface area contributed by atoms with Gasteiger partial charge >= 0.3 is 0 Å². The molecule has 0 aliphatic heterocycles. The third-order valence-electron chi connectivity index (χ3n) is 4.02. The maximum atomic E-state index is 4.63. The first-order valence-electron chi connectivity index (χ1n) is 8.45. The highest BCUT2D eigenvalue weighted by atomic mass is 15.3. The Hall–Kier alpha value is -2.37. The topological polar surface area (TPSA) is 67.1 Å². The SMILES string of the molecule is CCNC(=NCc1ccccn1)NC(C)Cc1c(C)nn(C)c1C. The van der Waals surface area contributed by atoms with Gasteiger partial charge in [-0.05, 0) is 51.8 Å². The van der Waals surface area contributed by atoms with Gasteiger partial charge in [0.2, 0.25) is 0 Å². The first-order valence-corrected chi connectivity index (χ1v) is 8.45.